The Morgan fingerprint density at radius 1 is 1.04 bits per heavy atom. The number of sulfonamides is 1. The van der Waals surface area contributed by atoms with E-state index in [9.17, 15) is 13.2 Å². The fourth-order valence-corrected chi connectivity index (χ4v) is 3.61. The topological polar surface area (TPSA) is 78.5 Å². The van der Waals surface area contributed by atoms with E-state index in [1.165, 1.54) is 0 Å². The van der Waals surface area contributed by atoms with Crippen LogP contribution in [0, 0.1) is 0 Å². The highest BCUT2D eigenvalue weighted by Crippen LogP contribution is 2.23. The van der Waals surface area contributed by atoms with Gasteiger partial charge in [0, 0.05) is 37.4 Å². The van der Waals surface area contributed by atoms with Crippen molar-refractivity contribution in [3.05, 3.63) is 24.3 Å². The van der Waals surface area contributed by atoms with Crippen LogP contribution in [0.2, 0.25) is 0 Å². The normalized spacial score (nSPS) is 15.5. The van der Waals surface area contributed by atoms with E-state index in [-0.39, 0.29) is 5.91 Å². The van der Waals surface area contributed by atoms with Crippen LogP contribution in [0.4, 0.5) is 11.4 Å². The molecule has 1 aromatic rings. The zero-order valence-electron chi connectivity index (χ0n) is 16.0. The Bertz CT molecular complexity index is 694. The number of unbranched alkanes of at least 4 members (excludes halogenated alkanes) is 2. The summed E-state index contributed by atoms with van der Waals surface area (Å²) >= 11 is 0. The Hall–Kier alpha value is -1.60. The fourth-order valence-electron chi connectivity index (χ4n) is 2.76. The van der Waals surface area contributed by atoms with E-state index in [0.717, 1.165) is 50.1 Å². The highest BCUT2D eigenvalue weighted by atomic mass is 32.2. The number of carbonyl (C=O) groups excluding carboxylic acids is 1. The van der Waals surface area contributed by atoms with Crippen molar-refractivity contribution in [2.45, 2.75) is 57.6 Å². The molecule has 2 rings (SSSR count). The average Bonchev–Trinajstić information content (AvgIpc) is 2.99. The maximum atomic E-state index is 11.9. The number of amides is 1. The molecule has 0 aliphatic carbocycles. The Morgan fingerprint density at radius 2 is 1.69 bits per heavy atom. The molecule has 26 heavy (non-hydrogen) atoms. The van der Waals surface area contributed by atoms with Crippen LogP contribution in [-0.4, -0.2) is 38.7 Å². The molecule has 0 atom stereocenters. The number of hydrogen-bond donors (Lipinski definition) is 2. The van der Waals surface area contributed by atoms with Crippen molar-refractivity contribution in [2.24, 2.45) is 0 Å². The summed E-state index contributed by atoms with van der Waals surface area (Å²) in [6.07, 6.45) is 4.34. The van der Waals surface area contributed by atoms with E-state index >= 15 is 0 Å². The third-order valence-electron chi connectivity index (χ3n) is 4.53. The number of rotatable bonds is 9. The zero-order valence-corrected chi connectivity index (χ0v) is 16.9. The van der Waals surface area contributed by atoms with Crippen LogP contribution in [0.5, 0.6) is 0 Å². The molecular weight excluding hydrogens is 350 g/mol. The van der Waals surface area contributed by atoms with Gasteiger partial charge in [0.25, 0.3) is 0 Å². The summed E-state index contributed by atoms with van der Waals surface area (Å²) in [5.74, 6) is 0.202. The van der Waals surface area contributed by atoms with Crippen LogP contribution in [0.15, 0.2) is 24.3 Å². The first-order chi connectivity index (χ1) is 12.2. The second-order valence-electron chi connectivity index (χ2n) is 7.69. The highest BCUT2D eigenvalue weighted by molar-refractivity contribution is 7.90. The molecule has 0 radical (unpaired) electrons. The van der Waals surface area contributed by atoms with Crippen molar-refractivity contribution in [1.29, 1.82) is 0 Å². The highest BCUT2D eigenvalue weighted by Gasteiger charge is 2.27. The lowest BCUT2D eigenvalue weighted by Crippen LogP contribution is -2.39. The first-order valence-electron chi connectivity index (χ1n) is 9.34. The van der Waals surface area contributed by atoms with Gasteiger partial charge in [-0.15, -0.1) is 0 Å². The monoisotopic (exact) mass is 381 g/mol. The largest absolute Gasteiger partial charge is 0.385 e. The van der Waals surface area contributed by atoms with Gasteiger partial charge in [0.15, 0.2) is 0 Å². The Labute approximate surface area is 157 Å². The van der Waals surface area contributed by atoms with Gasteiger partial charge in [-0.25, -0.2) is 13.1 Å². The molecule has 1 aliphatic heterocycles. The Kier molecular flexibility index (Phi) is 7.06. The summed E-state index contributed by atoms with van der Waals surface area (Å²) in [5, 5.41) is 3.36. The fraction of sp³-hybridized carbons (Fsp3) is 0.632. The quantitative estimate of drug-likeness (QED) is 0.644. The van der Waals surface area contributed by atoms with Gasteiger partial charge in [-0.3, -0.25) is 4.79 Å². The molecule has 1 heterocycles. The number of anilines is 2. The second kappa shape index (κ2) is 8.86. The molecule has 0 aromatic heterocycles. The number of carbonyl (C=O) groups is 1. The zero-order chi connectivity index (χ0) is 19.2. The van der Waals surface area contributed by atoms with Crippen molar-refractivity contribution in [2.75, 3.05) is 29.9 Å². The minimum atomic E-state index is -3.24. The maximum Gasteiger partial charge on any atom is 0.227 e. The first kappa shape index (κ1) is 20.7. The van der Waals surface area contributed by atoms with E-state index in [2.05, 4.69) is 10.0 Å². The molecule has 0 bridgehead atoms. The average molecular weight is 382 g/mol. The van der Waals surface area contributed by atoms with Gasteiger partial charge >= 0.3 is 0 Å². The first-order valence-corrected chi connectivity index (χ1v) is 10.8. The minimum Gasteiger partial charge on any atom is -0.385 e. The lowest BCUT2D eigenvalue weighted by Gasteiger charge is -2.19. The van der Waals surface area contributed by atoms with E-state index in [1.54, 1.807) is 20.8 Å². The smallest absolute Gasteiger partial charge is 0.227 e. The number of hydrogen-bond acceptors (Lipinski definition) is 4. The summed E-state index contributed by atoms with van der Waals surface area (Å²) in [4.78, 5) is 13.6. The van der Waals surface area contributed by atoms with Crippen LogP contribution in [-0.2, 0) is 14.8 Å². The minimum absolute atomic E-state index is 0.202. The Morgan fingerprint density at radius 3 is 2.27 bits per heavy atom. The van der Waals surface area contributed by atoms with Crippen LogP contribution < -0.4 is 14.9 Å². The van der Waals surface area contributed by atoms with Crippen LogP contribution in [0.3, 0.4) is 0 Å². The predicted octanol–water partition coefficient (Wildman–Crippen LogP) is 3.11. The van der Waals surface area contributed by atoms with Crippen molar-refractivity contribution >= 4 is 27.3 Å². The summed E-state index contributed by atoms with van der Waals surface area (Å²) in [6, 6.07) is 7.95. The van der Waals surface area contributed by atoms with Gasteiger partial charge < -0.3 is 10.2 Å². The molecule has 0 spiro atoms. The summed E-state index contributed by atoms with van der Waals surface area (Å²) in [7, 11) is -3.24. The molecule has 1 amide bonds. The Balaban J connectivity index is 1.62. The molecule has 7 heteroatoms. The third-order valence-corrected chi connectivity index (χ3v) is 6.73. The lowest BCUT2D eigenvalue weighted by atomic mass is 10.2. The summed E-state index contributed by atoms with van der Waals surface area (Å²) < 4.78 is 25.7. The maximum absolute atomic E-state index is 11.9. The molecule has 1 fully saturated rings. The van der Waals surface area contributed by atoms with E-state index in [1.807, 2.05) is 29.2 Å². The van der Waals surface area contributed by atoms with Crippen molar-refractivity contribution in [3.63, 3.8) is 0 Å². The van der Waals surface area contributed by atoms with E-state index < -0.39 is 14.8 Å². The molecule has 0 saturated carbocycles. The van der Waals surface area contributed by atoms with Gasteiger partial charge in [-0.1, -0.05) is 6.42 Å². The molecule has 2 N–H and O–H groups in total. The molecular formula is C19H31N3O3S. The van der Waals surface area contributed by atoms with Crippen LogP contribution in [0.25, 0.3) is 0 Å². The summed E-state index contributed by atoms with van der Waals surface area (Å²) in [6.45, 7) is 7.23. The molecule has 1 aliphatic rings. The van der Waals surface area contributed by atoms with Gasteiger partial charge in [0.2, 0.25) is 15.9 Å². The van der Waals surface area contributed by atoms with Crippen LogP contribution in [0.1, 0.15) is 52.9 Å². The van der Waals surface area contributed by atoms with Gasteiger partial charge in [-0.05, 0) is 64.3 Å². The number of nitrogens with one attached hydrogen (secondary N) is 2. The third kappa shape index (κ3) is 5.71. The van der Waals surface area contributed by atoms with E-state index in [0.29, 0.717) is 13.0 Å². The molecule has 1 saturated heterocycles. The predicted molar refractivity (Wildman–Crippen MR) is 107 cm³/mol. The van der Waals surface area contributed by atoms with Crippen molar-refractivity contribution in [3.8, 4) is 0 Å². The molecule has 146 valence electrons. The standard InChI is InChI=1S/C19H31N3O3S/c1-19(2,3)26(24,25)21-14-6-4-5-13-20-16-9-11-17(12-10-16)22-15-7-8-18(22)23/h9-12,20-21H,4-8,13-15H2,1-3H3. The lowest BCUT2D eigenvalue weighted by molar-refractivity contribution is -0.117. The SMILES string of the molecule is CC(C)(C)S(=O)(=O)NCCCCCNc1ccc(N2CCCC2=O)cc1. The van der Waals surface area contributed by atoms with Crippen molar-refractivity contribution in [1.82, 2.24) is 4.72 Å². The second-order valence-corrected chi connectivity index (χ2v) is 10.2. The van der Waals surface area contributed by atoms with Gasteiger partial charge in [0.05, 0.1) is 4.75 Å². The molecule has 6 nitrogen and oxygen atoms in total. The van der Waals surface area contributed by atoms with Crippen molar-refractivity contribution < 1.29 is 13.2 Å². The molecule has 0 unspecified atom stereocenters. The van der Waals surface area contributed by atoms with Gasteiger partial charge in [0.1, 0.15) is 0 Å². The number of benzene rings is 1. The summed E-state index contributed by atoms with van der Waals surface area (Å²) in [5.41, 5.74) is 2.00. The molecule has 1 aromatic carbocycles. The van der Waals surface area contributed by atoms with E-state index in [4.69, 9.17) is 0 Å². The van der Waals surface area contributed by atoms with Crippen LogP contribution >= 0.6 is 0 Å². The van der Waals surface area contributed by atoms with Gasteiger partial charge in [-0.2, -0.15) is 0 Å². The number of nitrogens with zero attached hydrogens (tertiary/aromatic N) is 1.